The Morgan fingerprint density at radius 2 is 1.46 bits per heavy atom. The molecule has 1 aromatic carbocycles. The lowest BCUT2D eigenvalue weighted by atomic mass is 10.3. The summed E-state index contributed by atoms with van der Waals surface area (Å²) in [7, 11) is 6.49. The number of carbonyl (C=O) groups is 1. The number of carbonyl (C=O) groups excluding carboxylic acids is 1. The van der Waals surface area contributed by atoms with Crippen molar-refractivity contribution in [1.29, 1.82) is 0 Å². The Bertz CT molecular complexity index is 236. The van der Waals surface area contributed by atoms with Gasteiger partial charge in [-0.05, 0) is 19.1 Å². The van der Waals surface area contributed by atoms with Gasteiger partial charge in [-0.1, -0.05) is 18.2 Å². The van der Waals surface area contributed by atoms with Gasteiger partial charge in [-0.15, -0.1) is 0 Å². The van der Waals surface area contributed by atoms with Crippen molar-refractivity contribution in [2.45, 2.75) is 6.92 Å². The van der Waals surface area contributed by atoms with E-state index in [4.69, 9.17) is 4.79 Å². The molecule has 0 spiro atoms. The summed E-state index contributed by atoms with van der Waals surface area (Å²) in [5.74, 6) is 0. The van der Waals surface area contributed by atoms with Gasteiger partial charge < -0.3 is 4.79 Å². The third-order valence-electron chi connectivity index (χ3n) is 1.53. The maximum Gasteiger partial charge on any atom is 0.132 e. The van der Waals surface area contributed by atoms with Gasteiger partial charge in [0, 0.05) is 0 Å². The molecule has 0 saturated carbocycles. The van der Waals surface area contributed by atoms with E-state index < -0.39 is 0 Å². The number of quaternary nitrogens is 1. The second-order valence-electron chi connectivity index (χ2n) is 3.58. The summed E-state index contributed by atoms with van der Waals surface area (Å²) in [5.41, 5.74) is 1.34. The Kier molecular flexibility index (Phi) is 5.00. The molecule has 0 amide bonds. The summed E-state index contributed by atoms with van der Waals surface area (Å²) in [5, 5.41) is 0. The first-order valence-electron chi connectivity index (χ1n) is 4.29. The molecule has 1 rings (SSSR count). The molecular formula is C11H18NO+. The van der Waals surface area contributed by atoms with E-state index in [1.807, 2.05) is 6.07 Å². The molecule has 72 valence electrons. The Morgan fingerprint density at radius 3 is 1.69 bits per heavy atom. The third-order valence-corrected chi connectivity index (χ3v) is 1.53. The van der Waals surface area contributed by atoms with Crippen molar-refractivity contribution in [1.82, 2.24) is 4.48 Å². The molecule has 0 aromatic heterocycles. The average Bonchev–Trinajstić information content (AvgIpc) is 2.06. The van der Waals surface area contributed by atoms with Gasteiger partial charge in [0.1, 0.15) is 12.0 Å². The topological polar surface area (TPSA) is 17.1 Å². The van der Waals surface area contributed by atoms with Gasteiger partial charge in [0.2, 0.25) is 0 Å². The molecule has 0 N–H and O–H groups in total. The lowest BCUT2D eigenvalue weighted by molar-refractivity contribution is -0.106. The highest BCUT2D eigenvalue weighted by Gasteiger charge is 2.08. The summed E-state index contributed by atoms with van der Waals surface area (Å²) in [6, 6.07) is 10.5. The lowest BCUT2D eigenvalue weighted by Crippen LogP contribution is -2.34. The zero-order chi connectivity index (χ0) is 10.3. The minimum Gasteiger partial charge on any atom is -0.304 e. The number of hydrogen-bond donors (Lipinski definition) is 0. The fourth-order valence-corrected chi connectivity index (χ4v) is 0.875. The van der Waals surface area contributed by atoms with Gasteiger partial charge >= 0.3 is 0 Å². The fraction of sp³-hybridized carbons (Fsp3) is 0.364. The predicted octanol–water partition coefficient (Wildman–Crippen LogP) is 2.09. The molecule has 0 radical (unpaired) electrons. The molecule has 0 saturated heterocycles. The van der Waals surface area contributed by atoms with Crippen molar-refractivity contribution in [2.24, 2.45) is 0 Å². The number of aldehydes is 1. The number of benzene rings is 1. The fourth-order valence-electron chi connectivity index (χ4n) is 0.875. The van der Waals surface area contributed by atoms with Crippen molar-refractivity contribution < 1.29 is 4.79 Å². The van der Waals surface area contributed by atoms with Crippen LogP contribution in [0.4, 0.5) is 5.69 Å². The van der Waals surface area contributed by atoms with Crippen LogP contribution in [0.5, 0.6) is 0 Å². The smallest absolute Gasteiger partial charge is 0.132 e. The zero-order valence-corrected chi connectivity index (χ0v) is 8.82. The van der Waals surface area contributed by atoms with Gasteiger partial charge in [0.05, 0.1) is 21.1 Å². The van der Waals surface area contributed by atoms with Crippen LogP contribution in [0, 0.1) is 0 Å². The summed E-state index contributed by atoms with van der Waals surface area (Å²) in [4.78, 5) is 8.81. The quantitative estimate of drug-likeness (QED) is 0.478. The minimum absolute atomic E-state index is 0.750. The van der Waals surface area contributed by atoms with E-state index in [0.29, 0.717) is 0 Å². The van der Waals surface area contributed by atoms with Crippen LogP contribution in [0.2, 0.25) is 0 Å². The van der Waals surface area contributed by atoms with Gasteiger partial charge in [-0.25, -0.2) is 0 Å². The van der Waals surface area contributed by atoms with Crippen LogP contribution in [-0.4, -0.2) is 27.4 Å². The standard InChI is InChI=1S/C9H14N.C2H4O/c1-10(2,3)9-7-5-4-6-8-9;1-2-3/h4-8H,1-3H3;2H,1H3/q+1;. The molecule has 1 aromatic rings. The van der Waals surface area contributed by atoms with Crippen molar-refractivity contribution in [3.05, 3.63) is 30.3 Å². The summed E-state index contributed by atoms with van der Waals surface area (Å²) >= 11 is 0. The molecule has 0 aliphatic heterocycles. The highest BCUT2D eigenvalue weighted by Crippen LogP contribution is 2.14. The largest absolute Gasteiger partial charge is 0.304 e. The normalized spacial score (nSPS) is 9.85. The molecular weight excluding hydrogens is 162 g/mol. The Labute approximate surface area is 80.4 Å². The summed E-state index contributed by atoms with van der Waals surface area (Å²) < 4.78 is 0.890. The van der Waals surface area contributed by atoms with Gasteiger partial charge in [-0.2, -0.15) is 0 Å². The lowest BCUT2D eigenvalue weighted by Gasteiger charge is -2.22. The third kappa shape index (κ3) is 5.15. The van der Waals surface area contributed by atoms with Crippen LogP contribution in [0.25, 0.3) is 0 Å². The minimum atomic E-state index is 0.750. The molecule has 2 heteroatoms. The van der Waals surface area contributed by atoms with Crippen LogP contribution in [0.3, 0.4) is 0 Å². The van der Waals surface area contributed by atoms with E-state index in [0.717, 1.165) is 10.8 Å². The second-order valence-corrected chi connectivity index (χ2v) is 3.58. The SMILES string of the molecule is CC=O.C[N+](C)(C)c1ccccc1. The first-order chi connectivity index (χ1) is 6.02. The zero-order valence-electron chi connectivity index (χ0n) is 8.82. The first-order valence-corrected chi connectivity index (χ1v) is 4.29. The first kappa shape index (κ1) is 11.8. The van der Waals surface area contributed by atoms with Crippen molar-refractivity contribution in [3.8, 4) is 0 Å². The number of hydrogen-bond acceptors (Lipinski definition) is 1. The average molecular weight is 180 g/mol. The van der Waals surface area contributed by atoms with Crippen molar-refractivity contribution in [3.63, 3.8) is 0 Å². The van der Waals surface area contributed by atoms with E-state index in [1.165, 1.54) is 12.6 Å². The van der Waals surface area contributed by atoms with Crippen molar-refractivity contribution in [2.75, 3.05) is 21.1 Å². The Hall–Kier alpha value is -1.15. The summed E-state index contributed by atoms with van der Waals surface area (Å²) in [6.45, 7) is 1.44. The number of rotatable bonds is 1. The van der Waals surface area contributed by atoms with Crippen LogP contribution >= 0.6 is 0 Å². The van der Waals surface area contributed by atoms with Crippen LogP contribution in [-0.2, 0) is 4.79 Å². The predicted molar refractivity (Wildman–Crippen MR) is 57.7 cm³/mol. The molecule has 2 nitrogen and oxygen atoms in total. The summed E-state index contributed by atoms with van der Waals surface area (Å²) in [6.07, 6.45) is 0.750. The molecule has 13 heavy (non-hydrogen) atoms. The molecule has 0 unspecified atom stereocenters. The Balaban J connectivity index is 0.000000424. The van der Waals surface area contributed by atoms with E-state index in [9.17, 15) is 0 Å². The van der Waals surface area contributed by atoms with Gasteiger partial charge in [0.25, 0.3) is 0 Å². The monoisotopic (exact) mass is 180 g/mol. The second kappa shape index (κ2) is 5.49. The maximum absolute atomic E-state index is 8.81. The van der Waals surface area contributed by atoms with Crippen LogP contribution in [0.1, 0.15) is 6.92 Å². The highest BCUT2D eigenvalue weighted by atomic mass is 16.1. The molecule has 0 heterocycles. The molecule has 0 bridgehead atoms. The number of para-hydroxylation sites is 1. The van der Waals surface area contributed by atoms with E-state index >= 15 is 0 Å². The van der Waals surface area contributed by atoms with Gasteiger partial charge in [-0.3, -0.25) is 4.48 Å². The molecule has 0 aliphatic rings. The number of nitrogens with zero attached hydrogens (tertiary/aromatic N) is 1. The molecule has 0 fully saturated rings. The van der Waals surface area contributed by atoms with Crippen LogP contribution < -0.4 is 4.48 Å². The maximum atomic E-state index is 8.81. The molecule has 0 atom stereocenters. The van der Waals surface area contributed by atoms with E-state index in [2.05, 4.69) is 45.4 Å². The van der Waals surface area contributed by atoms with Crippen LogP contribution in [0.15, 0.2) is 30.3 Å². The van der Waals surface area contributed by atoms with E-state index in [-0.39, 0.29) is 0 Å². The van der Waals surface area contributed by atoms with E-state index in [1.54, 1.807) is 0 Å². The van der Waals surface area contributed by atoms with Crippen molar-refractivity contribution >= 4 is 12.0 Å². The highest BCUT2D eigenvalue weighted by molar-refractivity contribution is 5.44. The molecule has 0 aliphatic carbocycles. The van der Waals surface area contributed by atoms with Gasteiger partial charge in [0.15, 0.2) is 0 Å². The Morgan fingerprint density at radius 1 is 1.08 bits per heavy atom.